The Labute approximate surface area is 168 Å². The maximum Gasteiger partial charge on any atom is 0.271 e. The van der Waals surface area contributed by atoms with E-state index in [1.54, 1.807) is 24.3 Å². The molecule has 0 unspecified atom stereocenters. The number of carbonyl (C=O) groups excluding carboxylic acids is 2. The predicted molar refractivity (Wildman–Crippen MR) is 109 cm³/mol. The van der Waals surface area contributed by atoms with Crippen molar-refractivity contribution in [3.63, 3.8) is 0 Å². The summed E-state index contributed by atoms with van der Waals surface area (Å²) in [7, 11) is 0. The van der Waals surface area contributed by atoms with Crippen molar-refractivity contribution in [2.45, 2.75) is 32.6 Å². The molecule has 1 aliphatic rings. The van der Waals surface area contributed by atoms with E-state index in [1.807, 2.05) is 0 Å². The van der Waals surface area contributed by atoms with Gasteiger partial charge in [0.25, 0.3) is 11.8 Å². The maximum absolute atomic E-state index is 12.5. The van der Waals surface area contributed by atoms with Crippen molar-refractivity contribution in [1.82, 2.24) is 10.7 Å². The zero-order valence-electron chi connectivity index (χ0n) is 15.6. The molecule has 0 saturated heterocycles. The smallest absolute Gasteiger partial charge is 0.271 e. The van der Waals surface area contributed by atoms with E-state index in [-0.39, 0.29) is 11.7 Å². The van der Waals surface area contributed by atoms with Crippen molar-refractivity contribution in [1.29, 1.82) is 0 Å². The third kappa shape index (κ3) is 4.34. The number of carbonyl (C=O) groups is 2. The van der Waals surface area contributed by atoms with Crippen LogP contribution in [0.1, 0.15) is 58.0 Å². The number of hydrogen-bond donors (Lipinski definition) is 3. The van der Waals surface area contributed by atoms with Crippen LogP contribution in [-0.2, 0) is 6.42 Å². The van der Waals surface area contributed by atoms with E-state index in [0.29, 0.717) is 46.8 Å². The Hall–Kier alpha value is -2.86. The van der Waals surface area contributed by atoms with Crippen LogP contribution in [-0.4, -0.2) is 29.2 Å². The zero-order chi connectivity index (χ0) is 20.1. The number of hydrogen-bond acceptors (Lipinski definition) is 4. The topological polar surface area (TPSA) is 90.8 Å². The summed E-state index contributed by atoms with van der Waals surface area (Å²) in [5, 5.41) is 17.7. The maximum atomic E-state index is 12.5. The van der Waals surface area contributed by atoms with E-state index in [9.17, 15) is 14.7 Å². The van der Waals surface area contributed by atoms with Crippen molar-refractivity contribution in [2.75, 3.05) is 6.54 Å². The molecule has 0 aliphatic heterocycles. The lowest BCUT2D eigenvalue weighted by Gasteiger charge is -2.07. The van der Waals surface area contributed by atoms with Gasteiger partial charge in [0.1, 0.15) is 5.75 Å². The molecule has 6 nitrogen and oxygen atoms in total. The summed E-state index contributed by atoms with van der Waals surface area (Å²) >= 11 is 6.17. The summed E-state index contributed by atoms with van der Waals surface area (Å²) < 4.78 is 0. The highest BCUT2D eigenvalue weighted by atomic mass is 35.5. The monoisotopic (exact) mass is 399 g/mol. The normalized spacial score (nSPS) is 14.0. The van der Waals surface area contributed by atoms with Crippen LogP contribution in [0.2, 0.25) is 5.02 Å². The fourth-order valence-electron chi connectivity index (χ4n) is 3.12. The summed E-state index contributed by atoms with van der Waals surface area (Å²) in [6.07, 6.45) is 3.13. The highest BCUT2D eigenvalue weighted by Gasteiger charge is 2.24. The highest BCUT2D eigenvalue weighted by molar-refractivity contribution is 6.32. The average molecular weight is 400 g/mol. The summed E-state index contributed by atoms with van der Waals surface area (Å²) in [5.41, 5.74) is 5.26. The third-order valence-electron chi connectivity index (χ3n) is 4.63. The van der Waals surface area contributed by atoms with Gasteiger partial charge in [0, 0.05) is 28.3 Å². The summed E-state index contributed by atoms with van der Waals surface area (Å²) in [4.78, 5) is 24.6. The SMILES string of the molecule is CCCCNC(=O)c1cccc(C(=O)N/N=C2\CCc3c(Cl)ccc(O)c32)c1. The largest absolute Gasteiger partial charge is 0.507 e. The number of phenols is 1. The lowest BCUT2D eigenvalue weighted by molar-refractivity contribution is 0.0953. The first kappa shape index (κ1) is 19.9. The minimum Gasteiger partial charge on any atom is -0.507 e. The lowest BCUT2D eigenvalue weighted by Crippen LogP contribution is -2.25. The first-order valence-corrected chi connectivity index (χ1v) is 9.65. The van der Waals surface area contributed by atoms with E-state index in [1.165, 1.54) is 12.1 Å². The van der Waals surface area contributed by atoms with Gasteiger partial charge in [-0.05, 0) is 55.2 Å². The van der Waals surface area contributed by atoms with Gasteiger partial charge in [-0.25, -0.2) is 5.43 Å². The van der Waals surface area contributed by atoms with Gasteiger partial charge in [-0.15, -0.1) is 0 Å². The Morgan fingerprint density at radius 1 is 1.14 bits per heavy atom. The van der Waals surface area contributed by atoms with Crippen LogP contribution in [0.3, 0.4) is 0 Å². The molecule has 28 heavy (non-hydrogen) atoms. The second kappa shape index (κ2) is 8.89. The fourth-order valence-corrected chi connectivity index (χ4v) is 3.37. The summed E-state index contributed by atoms with van der Waals surface area (Å²) in [6, 6.07) is 9.65. The summed E-state index contributed by atoms with van der Waals surface area (Å²) in [6.45, 7) is 2.65. The molecular weight excluding hydrogens is 378 g/mol. The van der Waals surface area contributed by atoms with Gasteiger partial charge in [0.2, 0.25) is 0 Å². The van der Waals surface area contributed by atoms with Gasteiger partial charge in [0.15, 0.2) is 0 Å². The van der Waals surface area contributed by atoms with Crippen LogP contribution in [0, 0.1) is 0 Å². The van der Waals surface area contributed by atoms with E-state index >= 15 is 0 Å². The first-order chi connectivity index (χ1) is 13.5. The van der Waals surface area contributed by atoms with Crippen LogP contribution in [0.15, 0.2) is 41.5 Å². The third-order valence-corrected chi connectivity index (χ3v) is 4.98. The standard InChI is InChI=1S/C21H22ClN3O3/c1-2-3-11-23-20(27)13-5-4-6-14(12-13)21(28)25-24-17-9-7-15-16(22)8-10-18(26)19(15)17/h4-6,8,10,12,26H,2-3,7,9,11H2,1H3,(H,23,27)(H,25,28)/b24-17+. The van der Waals surface area contributed by atoms with Gasteiger partial charge in [-0.2, -0.15) is 5.10 Å². The van der Waals surface area contributed by atoms with Crippen LogP contribution in [0.5, 0.6) is 5.75 Å². The Morgan fingerprint density at radius 2 is 1.89 bits per heavy atom. The second-order valence-corrected chi connectivity index (χ2v) is 7.02. The van der Waals surface area contributed by atoms with Crippen LogP contribution in [0.4, 0.5) is 0 Å². The second-order valence-electron chi connectivity index (χ2n) is 6.61. The van der Waals surface area contributed by atoms with E-state index < -0.39 is 5.91 Å². The number of halogens is 1. The van der Waals surface area contributed by atoms with E-state index in [4.69, 9.17) is 11.6 Å². The number of benzene rings is 2. The number of amides is 2. The molecule has 3 N–H and O–H groups in total. The molecular formula is C21H22ClN3O3. The zero-order valence-corrected chi connectivity index (χ0v) is 16.3. The number of rotatable bonds is 6. The van der Waals surface area contributed by atoms with Crippen molar-refractivity contribution in [2.24, 2.45) is 5.10 Å². The number of aromatic hydroxyl groups is 1. The Balaban J connectivity index is 1.72. The number of phenolic OH excluding ortho intramolecular Hbond substituents is 1. The highest BCUT2D eigenvalue weighted by Crippen LogP contribution is 2.35. The quantitative estimate of drug-likeness (QED) is 0.511. The number of hydrazone groups is 1. The molecule has 0 heterocycles. The van der Waals surface area contributed by atoms with Crippen molar-refractivity contribution < 1.29 is 14.7 Å². The molecule has 0 radical (unpaired) electrons. The van der Waals surface area contributed by atoms with Gasteiger partial charge >= 0.3 is 0 Å². The molecule has 1 aliphatic carbocycles. The number of nitrogens with zero attached hydrogens (tertiary/aromatic N) is 1. The van der Waals surface area contributed by atoms with Gasteiger partial charge < -0.3 is 10.4 Å². The van der Waals surface area contributed by atoms with Gasteiger partial charge in [-0.3, -0.25) is 9.59 Å². The van der Waals surface area contributed by atoms with E-state index in [2.05, 4.69) is 22.8 Å². The fraction of sp³-hybridized carbons (Fsp3) is 0.286. The molecule has 0 atom stereocenters. The Bertz CT molecular complexity index is 940. The number of nitrogens with one attached hydrogen (secondary N) is 2. The molecule has 0 spiro atoms. The number of unbranched alkanes of at least 4 members (excludes halogenated alkanes) is 1. The van der Waals surface area contributed by atoms with Crippen molar-refractivity contribution in [3.8, 4) is 5.75 Å². The molecule has 0 bridgehead atoms. The molecule has 2 aromatic rings. The minimum absolute atomic E-state index is 0.0932. The Morgan fingerprint density at radius 3 is 2.64 bits per heavy atom. The average Bonchev–Trinajstić information content (AvgIpc) is 3.14. The molecule has 2 aromatic carbocycles. The van der Waals surface area contributed by atoms with Crippen molar-refractivity contribution >= 4 is 29.1 Å². The molecule has 7 heteroatoms. The molecule has 0 fully saturated rings. The van der Waals surface area contributed by atoms with Crippen LogP contribution < -0.4 is 10.7 Å². The van der Waals surface area contributed by atoms with Crippen LogP contribution in [0.25, 0.3) is 0 Å². The minimum atomic E-state index is -0.425. The molecule has 0 saturated carbocycles. The Kier molecular flexibility index (Phi) is 6.31. The van der Waals surface area contributed by atoms with Gasteiger partial charge in [-0.1, -0.05) is 31.0 Å². The van der Waals surface area contributed by atoms with Crippen molar-refractivity contribution in [3.05, 3.63) is 63.7 Å². The van der Waals surface area contributed by atoms with Gasteiger partial charge in [0.05, 0.1) is 5.71 Å². The van der Waals surface area contributed by atoms with E-state index in [0.717, 1.165) is 18.4 Å². The molecule has 3 rings (SSSR count). The first-order valence-electron chi connectivity index (χ1n) is 9.27. The predicted octanol–water partition coefficient (Wildman–Crippen LogP) is 3.66. The molecule has 2 amide bonds. The number of fused-ring (bicyclic) bond motifs is 1. The molecule has 146 valence electrons. The molecule has 0 aromatic heterocycles. The lowest BCUT2D eigenvalue weighted by atomic mass is 10.1. The van der Waals surface area contributed by atoms with Crippen LogP contribution >= 0.6 is 11.6 Å². The summed E-state index contributed by atoms with van der Waals surface area (Å²) in [5.74, 6) is -0.542.